The van der Waals surface area contributed by atoms with Gasteiger partial charge in [-0.1, -0.05) is 56.4 Å². The Bertz CT molecular complexity index is 472. The van der Waals surface area contributed by atoms with Crippen molar-refractivity contribution in [2.75, 3.05) is 0 Å². The summed E-state index contributed by atoms with van der Waals surface area (Å²) >= 11 is 2.03. The van der Waals surface area contributed by atoms with E-state index >= 15 is 0 Å². The summed E-state index contributed by atoms with van der Waals surface area (Å²) in [6, 6.07) is 8.90. The summed E-state index contributed by atoms with van der Waals surface area (Å²) in [6.45, 7) is 4.77. The van der Waals surface area contributed by atoms with Crippen LogP contribution in [0.5, 0.6) is 0 Å². The lowest BCUT2D eigenvalue weighted by Crippen LogP contribution is -2.23. The highest BCUT2D eigenvalue weighted by atomic mass is 32.2. The van der Waals surface area contributed by atoms with Gasteiger partial charge < -0.3 is 0 Å². The van der Waals surface area contributed by atoms with E-state index < -0.39 is 0 Å². The van der Waals surface area contributed by atoms with Crippen molar-refractivity contribution in [1.82, 2.24) is 0 Å². The van der Waals surface area contributed by atoms with Crippen LogP contribution in [0.25, 0.3) is 0 Å². The van der Waals surface area contributed by atoms with E-state index in [1.54, 1.807) is 0 Å². The molecule has 2 aliphatic rings. The summed E-state index contributed by atoms with van der Waals surface area (Å²) in [4.78, 5) is 1.47. The number of rotatable bonds is 0. The summed E-state index contributed by atoms with van der Waals surface area (Å²) in [5.41, 5.74) is 1.53. The normalized spacial score (nSPS) is 34.9. The number of allylic oxidation sites excluding steroid dienone is 3. The number of fused-ring (bicyclic) bond motifs is 2. The van der Waals surface area contributed by atoms with Crippen LogP contribution in [0.15, 0.2) is 53.5 Å². The largest absolute Gasteiger partial charge is 0.118 e. The zero-order chi connectivity index (χ0) is 11.8. The summed E-state index contributed by atoms with van der Waals surface area (Å²) in [7, 11) is 0. The van der Waals surface area contributed by atoms with Gasteiger partial charge in [-0.2, -0.15) is 0 Å². The molecule has 1 aromatic carbocycles. The van der Waals surface area contributed by atoms with Crippen molar-refractivity contribution in [2.45, 2.75) is 29.9 Å². The van der Waals surface area contributed by atoms with Gasteiger partial charge in [-0.25, -0.2) is 0 Å². The van der Waals surface area contributed by atoms with Crippen molar-refractivity contribution >= 4 is 11.8 Å². The van der Waals surface area contributed by atoms with Crippen LogP contribution < -0.4 is 0 Å². The predicted molar refractivity (Wildman–Crippen MR) is 75.4 cm³/mol. The van der Waals surface area contributed by atoms with Crippen molar-refractivity contribution < 1.29 is 0 Å². The van der Waals surface area contributed by atoms with Crippen LogP contribution in [0.3, 0.4) is 0 Å². The van der Waals surface area contributed by atoms with Gasteiger partial charge in [-0.05, 0) is 29.4 Å². The molecule has 0 saturated carbocycles. The molecule has 0 bridgehead atoms. The predicted octanol–water partition coefficient (Wildman–Crippen LogP) is 4.64. The van der Waals surface area contributed by atoms with Crippen molar-refractivity contribution in [1.29, 1.82) is 0 Å². The molecule has 17 heavy (non-hydrogen) atoms. The number of benzene rings is 1. The Balaban J connectivity index is 2.07. The van der Waals surface area contributed by atoms with Gasteiger partial charge in [0.1, 0.15) is 0 Å². The molecule has 4 atom stereocenters. The third-order valence-electron chi connectivity index (χ3n) is 4.19. The Morgan fingerprint density at radius 2 is 1.76 bits per heavy atom. The molecule has 0 aromatic heterocycles. The number of hydrogen-bond donors (Lipinski definition) is 0. The fraction of sp³-hybridized carbons (Fsp3) is 0.375. The quantitative estimate of drug-likeness (QED) is 0.638. The first-order valence-corrected chi connectivity index (χ1v) is 7.26. The Morgan fingerprint density at radius 1 is 1.00 bits per heavy atom. The molecule has 88 valence electrons. The van der Waals surface area contributed by atoms with E-state index in [4.69, 9.17) is 0 Å². The van der Waals surface area contributed by atoms with Crippen molar-refractivity contribution in [2.24, 2.45) is 11.8 Å². The summed E-state index contributed by atoms with van der Waals surface area (Å²) < 4.78 is 0. The Kier molecular flexibility index (Phi) is 2.87. The van der Waals surface area contributed by atoms with Crippen molar-refractivity contribution in [3.05, 3.63) is 54.1 Å². The molecule has 0 nitrogen and oxygen atoms in total. The van der Waals surface area contributed by atoms with Crippen LogP contribution >= 0.6 is 11.8 Å². The molecular weight excluding hydrogens is 224 g/mol. The van der Waals surface area contributed by atoms with E-state index in [-0.39, 0.29) is 0 Å². The SMILES string of the molecule is CC1c2ccccc2SC2C=CC=CC2C1C. The molecular formula is C16H18S. The molecule has 0 saturated heterocycles. The minimum atomic E-state index is 0.612. The first-order chi connectivity index (χ1) is 8.27. The van der Waals surface area contributed by atoms with Crippen LogP contribution in [0, 0.1) is 11.8 Å². The molecule has 0 fully saturated rings. The van der Waals surface area contributed by atoms with Crippen LogP contribution in [-0.2, 0) is 0 Å². The van der Waals surface area contributed by atoms with Crippen LogP contribution in [0.4, 0.5) is 0 Å². The molecule has 0 N–H and O–H groups in total. The van der Waals surface area contributed by atoms with E-state index in [0.29, 0.717) is 23.0 Å². The lowest BCUT2D eigenvalue weighted by atomic mass is 9.77. The smallest absolute Gasteiger partial charge is 0.0343 e. The lowest BCUT2D eigenvalue weighted by molar-refractivity contribution is 0.380. The zero-order valence-electron chi connectivity index (χ0n) is 10.3. The van der Waals surface area contributed by atoms with Crippen LogP contribution in [0.2, 0.25) is 0 Å². The van der Waals surface area contributed by atoms with Crippen LogP contribution in [-0.4, -0.2) is 5.25 Å². The Labute approximate surface area is 108 Å². The number of thioether (sulfide) groups is 1. The monoisotopic (exact) mass is 242 g/mol. The highest BCUT2D eigenvalue weighted by Gasteiger charge is 2.33. The van der Waals surface area contributed by atoms with E-state index in [9.17, 15) is 0 Å². The van der Waals surface area contributed by atoms with Gasteiger partial charge in [0.2, 0.25) is 0 Å². The zero-order valence-corrected chi connectivity index (χ0v) is 11.2. The standard InChI is InChI=1S/C16H18S/c1-11-12(2)14-8-4-6-10-16(14)17-15-9-5-3-7-13(11)15/h3-13,15H,1-2H3. The Morgan fingerprint density at radius 3 is 2.65 bits per heavy atom. The third kappa shape index (κ3) is 1.87. The molecule has 3 rings (SSSR count). The average molecular weight is 242 g/mol. The molecule has 4 unspecified atom stereocenters. The van der Waals surface area contributed by atoms with Gasteiger partial charge in [0.25, 0.3) is 0 Å². The summed E-state index contributed by atoms with van der Waals surface area (Å²) in [5.74, 6) is 2.02. The first kappa shape index (κ1) is 11.2. The fourth-order valence-electron chi connectivity index (χ4n) is 2.92. The van der Waals surface area contributed by atoms with Gasteiger partial charge in [0.15, 0.2) is 0 Å². The van der Waals surface area contributed by atoms with E-state index in [2.05, 4.69) is 62.4 Å². The maximum absolute atomic E-state index is 2.40. The minimum Gasteiger partial charge on any atom is -0.118 e. The molecule has 1 aliphatic heterocycles. The summed E-state index contributed by atoms with van der Waals surface area (Å²) in [5, 5.41) is 0.612. The minimum absolute atomic E-state index is 0.612. The fourth-order valence-corrected chi connectivity index (χ4v) is 4.43. The molecule has 1 heteroatoms. The second-order valence-electron chi connectivity index (χ2n) is 5.12. The van der Waals surface area contributed by atoms with E-state index in [0.717, 1.165) is 0 Å². The van der Waals surface area contributed by atoms with Gasteiger partial charge in [0, 0.05) is 10.1 Å². The van der Waals surface area contributed by atoms with E-state index in [1.165, 1.54) is 10.5 Å². The highest BCUT2D eigenvalue weighted by Crippen LogP contribution is 2.47. The van der Waals surface area contributed by atoms with Gasteiger partial charge >= 0.3 is 0 Å². The Hall–Kier alpha value is -0.950. The third-order valence-corrected chi connectivity index (χ3v) is 5.56. The van der Waals surface area contributed by atoms with Crippen molar-refractivity contribution in [3.63, 3.8) is 0 Å². The second kappa shape index (κ2) is 4.38. The van der Waals surface area contributed by atoms with Crippen molar-refractivity contribution in [3.8, 4) is 0 Å². The topological polar surface area (TPSA) is 0 Å². The van der Waals surface area contributed by atoms with Gasteiger partial charge in [0.05, 0.1) is 0 Å². The molecule has 0 radical (unpaired) electrons. The molecule has 0 spiro atoms. The molecule has 1 heterocycles. The first-order valence-electron chi connectivity index (χ1n) is 6.38. The maximum Gasteiger partial charge on any atom is 0.0343 e. The number of hydrogen-bond acceptors (Lipinski definition) is 1. The average Bonchev–Trinajstić information content (AvgIpc) is 2.48. The van der Waals surface area contributed by atoms with E-state index in [1.807, 2.05) is 11.8 Å². The van der Waals surface area contributed by atoms with Crippen LogP contribution in [0.1, 0.15) is 25.3 Å². The highest BCUT2D eigenvalue weighted by molar-refractivity contribution is 8.00. The second-order valence-corrected chi connectivity index (χ2v) is 6.34. The maximum atomic E-state index is 2.40. The molecule has 0 amide bonds. The van der Waals surface area contributed by atoms with Gasteiger partial charge in [-0.3, -0.25) is 0 Å². The lowest BCUT2D eigenvalue weighted by Gasteiger charge is -2.29. The summed E-state index contributed by atoms with van der Waals surface area (Å²) in [6.07, 6.45) is 9.16. The molecule has 1 aliphatic carbocycles. The van der Waals surface area contributed by atoms with Gasteiger partial charge in [-0.15, -0.1) is 11.8 Å². The molecule has 1 aromatic rings.